The first-order chi connectivity index (χ1) is 13.0. The Balaban J connectivity index is 1.76. The first-order valence-corrected chi connectivity index (χ1v) is 11.0. The molecule has 0 radical (unpaired) electrons. The average molecular weight is 404 g/mol. The third-order valence-electron chi connectivity index (χ3n) is 4.61. The van der Waals surface area contributed by atoms with E-state index in [4.69, 9.17) is 12.2 Å². The van der Waals surface area contributed by atoms with Gasteiger partial charge in [0.25, 0.3) is 0 Å². The molecule has 3 rings (SSSR count). The van der Waals surface area contributed by atoms with E-state index in [2.05, 4.69) is 10.6 Å². The fourth-order valence-electron chi connectivity index (χ4n) is 3.14. The van der Waals surface area contributed by atoms with Crippen LogP contribution in [0.2, 0.25) is 0 Å². The molecule has 5 nitrogen and oxygen atoms in total. The van der Waals surface area contributed by atoms with Crippen molar-refractivity contribution in [2.75, 3.05) is 18.4 Å². The summed E-state index contributed by atoms with van der Waals surface area (Å²) >= 11 is 5.38. The van der Waals surface area contributed by atoms with E-state index < -0.39 is 10.0 Å². The van der Waals surface area contributed by atoms with Crippen molar-refractivity contribution in [2.45, 2.75) is 37.6 Å². The summed E-state index contributed by atoms with van der Waals surface area (Å²) in [4.78, 5) is 0.285. The number of sulfonamides is 1. The van der Waals surface area contributed by atoms with Crippen LogP contribution in [0.3, 0.4) is 0 Å². The van der Waals surface area contributed by atoms with Crippen molar-refractivity contribution in [3.8, 4) is 0 Å². The normalized spacial score (nSPS) is 15.3. The van der Waals surface area contributed by atoms with E-state index >= 15 is 0 Å². The van der Waals surface area contributed by atoms with Crippen molar-refractivity contribution in [3.05, 3.63) is 59.7 Å². The first kappa shape index (κ1) is 19.8. The van der Waals surface area contributed by atoms with Gasteiger partial charge in [-0.15, -0.1) is 0 Å². The fraction of sp³-hybridized carbons (Fsp3) is 0.350. The topological polar surface area (TPSA) is 61.4 Å². The SMILES string of the molecule is Cc1ccc(NC(=S)NCc2ccccc2)c(S(=O)(=O)N2CCCCC2)c1. The lowest BCUT2D eigenvalue weighted by Gasteiger charge is -2.27. The smallest absolute Gasteiger partial charge is 0.245 e. The number of nitrogens with one attached hydrogen (secondary N) is 2. The molecule has 0 aliphatic carbocycles. The maximum absolute atomic E-state index is 13.1. The summed E-state index contributed by atoms with van der Waals surface area (Å²) in [7, 11) is -3.54. The predicted molar refractivity (Wildman–Crippen MR) is 113 cm³/mol. The summed E-state index contributed by atoms with van der Waals surface area (Å²) in [6, 6.07) is 15.3. The second kappa shape index (κ2) is 8.82. The molecule has 1 saturated heterocycles. The van der Waals surface area contributed by atoms with Gasteiger partial charge in [0, 0.05) is 19.6 Å². The molecule has 2 aromatic carbocycles. The molecule has 27 heavy (non-hydrogen) atoms. The summed E-state index contributed by atoms with van der Waals surface area (Å²) in [5.41, 5.74) is 2.52. The molecular weight excluding hydrogens is 378 g/mol. The number of rotatable bonds is 5. The van der Waals surface area contributed by atoms with E-state index in [1.165, 1.54) is 0 Å². The van der Waals surface area contributed by atoms with E-state index in [-0.39, 0.29) is 4.90 Å². The summed E-state index contributed by atoms with van der Waals surface area (Å²) in [5, 5.41) is 6.60. The van der Waals surface area contributed by atoms with Gasteiger partial charge in [-0.2, -0.15) is 4.31 Å². The monoisotopic (exact) mass is 403 g/mol. The Labute approximate surface area is 166 Å². The highest BCUT2D eigenvalue weighted by molar-refractivity contribution is 7.89. The zero-order valence-corrected chi connectivity index (χ0v) is 17.1. The minimum Gasteiger partial charge on any atom is -0.358 e. The molecule has 0 saturated carbocycles. The lowest BCUT2D eigenvalue weighted by molar-refractivity contribution is 0.347. The quantitative estimate of drug-likeness (QED) is 0.746. The van der Waals surface area contributed by atoms with Crippen LogP contribution in [0.15, 0.2) is 53.4 Å². The van der Waals surface area contributed by atoms with Crippen LogP contribution in [-0.2, 0) is 16.6 Å². The van der Waals surface area contributed by atoms with Gasteiger partial charge in [-0.1, -0.05) is 42.8 Å². The largest absolute Gasteiger partial charge is 0.358 e. The number of nitrogens with zero attached hydrogens (tertiary/aromatic N) is 1. The number of piperidine rings is 1. The number of hydrogen-bond donors (Lipinski definition) is 2. The number of anilines is 1. The highest BCUT2D eigenvalue weighted by atomic mass is 32.2. The van der Waals surface area contributed by atoms with Gasteiger partial charge in [0.05, 0.1) is 5.69 Å². The van der Waals surface area contributed by atoms with Crippen molar-refractivity contribution < 1.29 is 8.42 Å². The fourth-order valence-corrected chi connectivity index (χ4v) is 5.07. The second-order valence-electron chi connectivity index (χ2n) is 6.76. The maximum Gasteiger partial charge on any atom is 0.245 e. The Kier molecular flexibility index (Phi) is 6.46. The third-order valence-corrected chi connectivity index (χ3v) is 6.80. The Morgan fingerprint density at radius 3 is 2.48 bits per heavy atom. The molecule has 0 bridgehead atoms. The molecule has 1 fully saturated rings. The molecule has 0 amide bonds. The Hall–Kier alpha value is -1.96. The lowest BCUT2D eigenvalue weighted by Crippen LogP contribution is -2.36. The number of aryl methyl sites for hydroxylation is 1. The summed E-state index contributed by atoms with van der Waals surface area (Å²) in [6.07, 6.45) is 2.90. The van der Waals surface area contributed by atoms with Crippen LogP contribution in [-0.4, -0.2) is 30.9 Å². The van der Waals surface area contributed by atoms with Crippen LogP contribution >= 0.6 is 12.2 Å². The molecule has 2 N–H and O–H groups in total. The van der Waals surface area contributed by atoms with Gasteiger partial charge in [0.1, 0.15) is 4.90 Å². The highest BCUT2D eigenvalue weighted by Crippen LogP contribution is 2.28. The predicted octanol–water partition coefficient (Wildman–Crippen LogP) is 3.66. The Bertz CT molecular complexity index is 893. The second-order valence-corrected chi connectivity index (χ2v) is 9.07. The number of thiocarbonyl (C=S) groups is 1. The number of benzene rings is 2. The van der Waals surface area contributed by atoms with Gasteiger partial charge in [-0.25, -0.2) is 8.42 Å². The van der Waals surface area contributed by atoms with Crippen molar-refractivity contribution in [1.82, 2.24) is 9.62 Å². The molecule has 144 valence electrons. The first-order valence-electron chi connectivity index (χ1n) is 9.16. The van der Waals surface area contributed by atoms with E-state index in [1.807, 2.05) is 43.3 Å². The minimum atomic E-state index is -3.54. The average Bonchev–Trinajstić information content (AvgIpc) is 2.69. The van der Waals surface area contributed by atoms with Crippen LogP contribution in [0.1, 0.15) is 30.4 Å². The van der Waals surface area contributed by atoms with Gasteiger partial charge in [-0.05, 0) is 55.2 Å². The summed E-state index contributed by atoms with van der Waals surface area (Å²) < 4.78 is 27.9. The molecule has 7 heteroatoms. The van der Waals surface area contributed by atoms with Gasteiger partial charge >= 0.3 is 0 Å². The third kappa shape index (κ3) is 5.06. The highest BCUT2D eigenvalue weighted by Gasteiger charge is 2.28. The van der Waals surface area contributed by atoms with E-state index in [9.17, 15) is 8.42 Å². The van der Waals surface area contributed by atoms with Gasteiger partial charge in [0.2, 0.25) is 10.0 Å². The van der Waals surface area contributed by atoms with Gasteiger partial charge < -0.3 is 10.6 Å². The van der Waals surface area contributed by atoms with Crippen molar-refractivity contribution in [2.24, 2.45) is 0 Å². The molecule has 0 unspecified atom stereocenters. The molecular formula is C20H25N3O2S2. The van der Waals surface area contributed by atoms with Gasteiger partial charge in [0.15, 0.2) is 5.11 Å². The van der Waals surface area contributed by atoms with Crippen molar-refractivity contribution in [3.63, 3.8) is 0 Å². The molecule has 1 heterocycles. The molecule has 1 aliphatic rings. The van der Waals surface area contributed by atoms with E-state index in [0.29, 0.717) is 30.4 Å². The van der Waals surface area contributed by atoms with Crippen LogP contribution in [0.4, 0.5) is 5.69 Å². The van der Waals surface area contributed by atoms with Crippen LogP contribution in [0.25, 0.3) is 0 Å². The van der Waals surface area contributed by atoms with E-state index in [0.717, 1.165) is 30.4 Å². The molecule has 0 atom stereocenters. The minimum absolute atomic E-state index is 0.285. The van der Waals surface area contributed by atoms with Gasteiger partial charge in [-0.3, -0.25) is 0 Å². The Morgan fingerprint density at radius 1 is 1.07 bits per heavy atom. The van der Waals surface area contributed by atoms with Crippen LogP contribution < -0.4 is 10.6 Å². The molecule has 2 aromatic rings. The zero-order valence-electron chi connectivity index (χ0n) is 15.4. The lowest BCUT2D eigenvalue weighted by atomic mass is 10.2. The van der Waals surface area contributed by atoms with Crippen molar-refractivity contribution >= 4 is 33.0 Å². The maximum atomic E-state index is 13.1. The zero-order chi connectivity index (χ0) is 19.3. The molecule has 1 aliphatic heterocycles. The van der Waals surface area contributed by atoms with Crippen molar-refractivity contribution in [1.29, 1.82) is 0 Å². The molecule has 0 aromatic heterocycles. The number of hydrogen-bond acceptors (Lipinski definition) is 3. The Morgan fingerprint density at radius 2 is 1.78 bits per heavy atom. The van der Waals surface area contributed by atoms with Crippen LogP contribution in [0.5, 0.6) is 0 Å². The standard InChI is InChI=1S/C20H25N3O2S2/c1-16-10-11-18(22-20(26)21-15-17-8-4-2-5-9-17)19(14-16)27(24,25)23-12-6-3-7-13-23/h2,4-5,8-11,14H,3,6-7,12-13,15H2,1H3,(H2,21,22,26). The molecule has 0 spiro atoms. The van der Waals surface area contributed by atoms with E-state index in [1.54, 1.807) is 16.4 Å². The van der Waals surface area contributed by atoms with Crippen LogP contribution in [0, 0.1) is 6.92 Å². The summed E-state index contributed by atoms with van der Waals surface area (Å²) in [5.74, 6) is 0. The summed E-state index contributed by atoms with van der Waals surface area (Å²) in [6.45, 7) is 3.62.